The lowest BCUT2D eigenvalue weighted by molar-refractivity contribution is -0.138. The zero-order valence-electron chi connectivity index (χ0n) is 11.8. The number of benzene rings is 1. The first-order chi connectivity index (χ1) is 9.37. The van der Waals surface area contributed by atoms with Gasteiger partial charge in [-0.25, -0.2) is 0 Å². The number of hydrogen-bond donors (Lipinski definition) is 2. The minimum absolute atomic E-state index is 0.331. The zero-order valence-corrected chi connectivity index (χ0v) is 13.4. The Kier molecular flexibility index (Phi) is 6.16. The van der Waals surface area contributed by atoms with E-state index in [9.17, 15) is 9.59 Å². The van der Waals surface area contributed by atoms with Crippen molar-refractivity contribution >= 4 is 33.4 Å². The number of carbonyl (C=O) groups is 2. The van der Waals surface area contributed by atoms with Gasteiger partial charge in [-0.3, -0.25) is 9.59 Å². The number of nitrogens with one attached hydrogen (secondary N) is 2. The van der Waals surface area contributed by atoms with E-state index >= 15 is 0 Å². The lowest BCUT2D eigenvalue weighted by atomic mass is 9.91. The number of amides is 2. The van der Waals surface area contributed by atoms with Gasteiger partial charge in [0, 0.05) is 23.8 Å². The molecule has 0 heterocycles. The van der Waals surface area contributed by atoms with Gasteiger partial charge in [0.1, 0.15) is 5.41 Å². The highest BCUT2D eigenvalue weighted by Gasteiger charge is 2.35. The van der Waals surface area contributed by atoms with Crippen molar-refractivity contribution in [3.8, 4) is 0 Å². The van der Waals surface area contributed by atoms with Gasteiger partial charge in [-0.1, -0.05) is 22.0 Å². The highest BCUT2D eigenvalue weighted by atomic mass is 79.9. The largest absolute Gasteiger partial charge is 0.383 e. The Balaban J connectivity index is 2.66. The van der Waals surface area contributed by atoms with E-state index in [0.29, 0.717) is 18.8 Å². The molecule has 0 bridgehead atoms. The van der Waals surface area contributed by atoms with Gasteiger partial charge in [-0.15, -0.1) is 0 Å². The van der Waals surface area contributed by atoms with Crippen molar-refractivity contribution in [3.63, 3.8) is 0 Å². The third kappa shape index (κ3) is 4.61. The summed E-state index contributed by atoms with van der Waals surface area (Å²) in [5.41, 5.74) is -0.516. The van der Waals surface area contributed by atoms with Gasteiger partial charge in [-0.05, 0) is 32.0 Å². The Morgan fingerprint density at radius 2 is 2.00 bits per heavy atom. The number of ether oxygens (including phenoxy) is 1. The predicted octanol–water partition coefficient (Wildman–Crippen LogP) is 2.18. The Morgan fingerprint density at radius 1 is 1.30 bits per heavy atom. The molecule has 0 aliphatic rings. The molecule has 0 saturated carbocycles. The van der Waals surface area contributed by atoms with E-state index in [1.807, 2.05) is 12.1 Å². The summed E-state index contributed by atoms with van der Waals surface area (Å²) in [6.45, 7) is 3.96. The summed E-state index contributed by atoms with van der Waals surface area (Å²) >= 11 is 3.33. The van der Waals surface area contributed by atoms with Crippen LogP contribution in [-0.4, -0.2) is 32.1 Å². The normalized spacial score (nSPS) is 11.0. The molecule has 1 aromatic carbocycles. The molecule has 1 rings (SSSR count). The molecule has 0 aliphatic heterocycles. The highest BCUT2D eigenvalue weighted by molar-refractivity contribution is 9.10. The van der Waals surface area contributed by atoms with Crippen LogP contribution in [0.4, 0.5) is 5.69 Å². The molecule has 0 spiro atoms. The fraction of sp³-hybridized carbons (Fsp3) is 0.429. The minimum atomic E-state index is -1.16. The van der Waals surface area contributed by atoms with E-state index in [1.165, 1.54) is 0 Å². The highest BCUT2D eigenvalue weighted by Crippen LogP contribution is 2.21. The van der Waals surface area contributed by atoms with Crippen molar-refractivity contribution in [1.82, 2.24) is 5.32 Å². The molecule has 0 atom stereocenters. The fourth-order valence-electron chi connectivity index (χ4n) is 1.44. The molecule has 2 N–H and O–H groups in total. The molecule has 6 heteroatoms. The van der Waals surface area contributed by atoms with E-state index in [-0.39, 0.29) is 11.8 Å². The van der Waals surface area contributed by atoms with Crippen LogP contribution in [0.15, 0.2) is 28.7 Å². The van der Waals surface area contributed by atoms with Crippen molar-refractivity contribution in [2.75, 3.05) is 25.6 Å². The maximum atomic E-state index is 12.2. The molecule has 1 aromatic rings. The molecular weight excluding hydrogens is 324 g/mol. The fourth-order valence-corrected chi connectivity index (χ4v) is 1.84. The van der Waals surface area contributed by atoms with E-state index < -0.39 is 5.41 Å². The number of carbonyl (C=O) groups excluding carboxylic acids is 2. The summed E-state index contributed by atoms with van der Waals surface area (Å²) in [6.07, 6.45) is 0. The molecule has 0 unspecified atom stereocenters. The van der Waals surface area contributed by atoms with E-state index in [0.717, 1.165) is 4.47 Å². The Labute approximate surface area is 127 Å². The second kappa shape index (κ2) is 7.40. The van der Waals surface area contributed by atoms with Crippen molar-refractivity contribution in [1.29, 1.82) is 0 Å². The summed E-state index contributed by atoms with van der Waals surface area (Å²) < 4.78 is 5.71. The maximum absolute atomic E-state index is 12.2. The molecule has 0 fully saturated rings. The topological polar surface area (TPSA) is 67.4 Å². The van der Waals surface area contributed by atoms with Gasteiger partial charge >= 0.3 is 0 Å². The average Bonchev–Trinajstić information content (AvgIpc) is 2.38. The summed E-state index contributed by atoms with van der Waals surface area (Å²) in [7, 11) is 1.55. The van der Waals surface area contributed by atoms with Crippen LogP contribution in [0.5, 0.6) is 0 Å². The van der Waals surface area contributed by atoms with Crippen molar-refractivity contribution in [2.24, 2.45) is 5.41 Å². The molecule has 5 nitrogen and oxygen atoms in total. The number of methoxy groups -OCH3 is 1. The van der Waals surface area contributed by atoms with Gasteiger partial charge in [0.15, 0.2) is 0 Å². The zero-order chi connectivity index (χ0) is 15.2. The molecular formula is C14H19BrN2O3. The Hall–Kier alpha value is -1.40. The Morgan fingerprint density at radius 3 is 2.60 bits per heavy atom. The van der Waals surface area contributed by atoms with Crippen LogP contribution < -0.4 is 10.6 Å². The predicted molar refractivity (Wildman–Crippen MR) is 81.4 cm³/mol. The molecule has 0 radical (unpaired) electrons. The number of halogens is 1. The molecule has 0 saturated heterocycles. The van der Waals surface area contributed by atoms with Gasteiger partial charge in [0.05, 0.1) is 6.61 Å². The van der Waals surface area contributed by atoms with E-state index in [1.54, 1.807) is 33.1 Å². The maximum Gasteiger partial charge on any atom is 0.239 e. The van der Waals surface area contributed by atoms with E-state index in [4.69, 9.17) is 4.74 Å². The van der Waals surface area contributed by atoms with Crippen LogP contribution >= 0.6 is 15.9 Å². The second-order valence-electron chi connectivity index (χ2n) is 4.84. The third-order valence-electron chi connectivity index (χ3n) is 2.81. The van der Waals surface area contributed by atoms with Crippen molar-refractivity contribution < 1.29 is 14.3 Å². The van der Waals surface area contributed by atoms with Crippen LogP contribution in [0.3, 0.4) is 0 Å². The second-order valence-corrected chi connectivity index (χ2v) is 5.75. The monoisotopic (exact) mass is 342 g/mol. The Bertz CT molecular complexity index is 489. The molecule has 0 aromatic heterocycles. The van der Waals surface area contributed by atoms with E-state index in [2.05, 4.69) is 26.6 Å². The smallest absolute Gasteiger partial charge is 0.239 e. The summed E-state index contributed by atoms with van der Waals surface area (Å²) in [5.74, 6) is -0.687. The molecule has 0 aliphatic carbocycles. The van der Waals surface area contributed by atoms with Crippen molar-refractivity contribution in [2.45, 2.75) is 13.8 Å². The lowest BCUT2D eigenvalue weighted by Gasteiger charge is -2.22. The first kappa shape index (κ1) is 16.7. The lowest BCUT2D eigenvalue weighted by Crippen LogP contribution is -2.45. The number of rotatable bonds is 6. The summed E-state index contributed by atoms with van der Waals surface area (Å²) in [4.78, 5) is 24.2. The van der Waals surface area contributed by atoms with Gasteiger partial charge < -0.3 is 15.4 Å². The molecule has 110 valence electrons. The van der Waals surface area contributed by atoms with Crippen LogP contribution in [0.1, 0.15) is 13.8 Å². The van der Waals surface area contributed by atoms with Gasteiger partial charge in [0.25, 0.3) is 0 Å². The van der Waals surface area contributed by atoms with Gasteiger partial charge in [0.2, 0.25) is 11.8 Å². The van der Waals surface area contributed by atoms with Crippen LogP contribution in [-0.2, 0) is 14.3 Å². The van der Waals surface area contributed by atoms with Crippen LogP contribution in [0, 0.1) is 5.41 Å². The summed E-state index contributed by atoms with van der Waals surface area (Å²) in [5, 5.41) is 5.40. The van der Waals surface area contributed by atoms with Crippen LogP contribution in [0.25, 0.3) is 0 Å². The molecule has 20 heavy (non-hydrogen) atoms. The SMILES string of the molecule is COCCNC(=O)C(C)(C)C(=O)Nc1cccc(Br)c1. The standard InChI is InChI=1S/C14H19BrN2O3/c1-14(2,12(18)16-7-8-20-3)13(19)17-11-6-4-5-10(15)9-11/h4-6,9H,7-8H2,1-3H3,(H,16,18)(H,17,19). The number of hydrogen-bond acceptors (Lipinski definition) is 3. The van der Waals surface area contributed by atoms with Crippen LogP contribution in [0.2, 0.25) is 0 Å². The van der Waals surface area contributed by atoms with Crippen molar-refractivity contribution in [3.05, 3.63) is 28.7 Å². The minimum Gasteiger partial charge on any atom is -0.383 e. The number of anilines is 1. The first-order valence-electron chi connectivity index (χ1n) is 6.22. The molecule has 2 amide bonds. The first-order valence-corrected chi connectivity index (χ1v) is 7.01. The average molecular weight is 343 g/mol. The summed E-state index contributed by atoms with van der Waals surface area (Å²) in [6, 6.07) is 7.21. The quantitative estimate of drug-likeness (QED) is 0.615. The third-order valence-corrected chi connectivity index (χ3v) is 3.30. The van der Waals surface area contributed by atoms with Gasteiger partial charge in [-0.2, -0.15) is 0 Å².